The Hall–Kier alpha value is -1.14. The molecule has 0 heterocycles. The quantitative estimate of drug-likeness (QED) is 0.287. The van der Waals surface area contributed by atoms with Gasteiger partial charge in [0.1, 0.15) is 0 Å². The SMILES string of the molecule is O=NNC=CNNO. The summed E-state index contributed by atoms with van der Waals surface area (Å²) >= 11 is 0. The summed E-state index contributed by atoms with van der Waals surface area (Å²) in [7, 11) is 0. The van der Waals surface area contributed by atoms with Crippen LogP contribution in [0.15, 0.2) is 17.7 Å². The molecule has 0 atom stereocenters. The van der Waals surface area contributed by atoms with Crippen molar-refractivity contribution < 1.29 is 5.21 Å². The van der Waals surface area contributed by atoms with E-state index in [0.717, 1.165) is 0 Å². The van der Waals surface area contributed by atoms with E-state index in [2.05, 4.69) is 10.7 Å². The maximum absolute atomic E-state index is 9.24. The number of nitrogens with zero attached hydrogens (tertiary/aromatic N) is 1. The molecule has 0 aromatic carbocycles. The molecule has 0 saturated carbocycles. The third-order valence-corrected chi connectivity index (χ3v) is 0.358. The van der Waals surface area contributed by atoms with Crippen LogP contribution in [-0.2, 0) is 0 Å². The first-order valence-electron chi connectivity index (χ1n) is 1.79. The highest BCUT2D eigenvalue weighted by Gasteiger charge is 1.64. The molecule has 8 heavy (non-hydrogen) atoms. The van der Waals surface area contributed by atoms with Gasteiger partial charge in [-0.25, -0.2) is 5.43 Å². The van der Waals surface area contributed by atoms with Crippen molar-refractivity contribution >= 4 is 0 Å². The molecule has 0 radical (unpaired) electrons. The molecule has 46 valence electrons. The summed E-state index contributed by atoms with van der Waals surface area (Å²) in [5.74, 6) is 0. The van der Waals surface area contributed by atoms with Crippen LogP contribution in [0, 0.1) is 4.91 Å². The van der Waals surface area contributed by atoms with Gasteiger partial charge in [0.05, 0.1) is 5.29 Å². The Morgan fingerprint density at radius 3 is 2.75 bits per heavy atom. The van der Waals surface area contributed by atoms with Crippen LogP contribution in [0.3, 0.4) is 0 Å². The van der Waals surface area contributed by atoms with Gasteiger partial charge in [0, 0.05) is 12.4 Å². The number of nitrogens with one attached hydrogen (secondary N) is 3. The van der Waals surface area contributed by atoms with Gasteiger partial charge < -0.3 is 5.43 Å². The average molecular weight is 118 g/mol. The lowest BCUT2D eigenvalue weighted by molar-refractivity contribution is 0.137. The number of hydrogen-bond donors (Lipinski definition) is 4. The first-order valence-corrected chi connectivity index (χ1v) is 1.79. The van der Waals surface area contributed by atoms with Crippen LogP contribution in [0.25, 0.3) is 0 Å². The lowest BCUT2D eigenvalue weighted by atomic mass is 10.9. The van der Waals surface area contributed by atoms with Crippen molar-refractivity contribution in [1.29, 1.82) is 0 Å². The number of hydrogen-bond acceptors (Lipinski definition) is 5. The van der Waals surface area contributed by atoms with Crippen LogP contribution >= 0.6 is 0 Å². The first kappa shape index (κ1) is 6.86. The van der Waals surface area contributed by atoms with E-state index in [1.807, 2.05) is 5.43 Å². The Bertz CT molecular complexity index is 82.1. The van der Waals surface area contributed by atoms with Crippen LogP contribution in [0.5, 0.6) is 0 Å². The summed E-state index contributed by atoms with van der Waals surface area (Å²) in [5.41, 5.74) is 5.71. The Kier molecular flexibility index (Phi) is 5.02. The fourth-order valence-corrected chi connectivity index (χ4v) is 0.147. The van der Waals surface area contributed by atoms with Crippen molar-refractivity contribution in [2.45, 2.75) is 0 Å². The predicted molar refractivity (Wildman–Crippen MR) is 26.1 cm³/mol. The van der Waals surface area contributed by atoms with E-state index in [1.165, 1.54) is 12.4 Å². The molecule has 0 aromatic heterocycles. The third kappa shape index (κ3) is 4.86. The molecule has 0 amide bonds. The smallest absolute Gasteiger partial charge is 0.0541 e. The molecule has 0 aliphatic heterocycles. The van der Waals surface area contributed by atoms with Crippen LogP contribution in [0.2, 0.25) is 0 Å². The van der Waals surface area contributed by atoms with Crippen molar-refractivity contribution in [3.8, 4) is 0 Å². The van der Waals surface area contributed by atoms with Gasteiger partial charge in [-0.15, -0.1) is 10.5 Å². The van der Waals surface area contributed by atoms with Gasteiger partial charge >= 0.3 is 0 Å². The number of hydrazine groups is 1. The summed E-state index contributed by atoms with van der Waals surface area (Å²) < 4.78 is 0. The highest BCUT2D eigenvalue weighted by atomic mass is 16.5. The summed E-state index contributed by atoms with van der Waals surface area (Å²) in [6.07, 6.45) is 2.46. The fourth-order valence-electron chi connectivity index (χ4n) is 0.147. The lowest BCUT2D eigenvalue weighted by Crippen LogP contribution is -2.22. The van der Waals surface area contributed by atoms with E-state index in [9.17, 15) is 4.91 Å². The van der Waals surface area contributed by atoms with Crippen molar-refractivity contribution in [2.75, 3.05) is 0 Å². The molecule has 0 unspecified atom stereocenters. The standard InChI is InChI=1S/C2H6N4O2/c7-5-3-1-2-4-6-8/h1-3,5,7H,(H,4,8). The fraction of sp³-hybridized carbons (Fsp3) is 0. The maximum Gasteiger partial charge on any atom is 0.0541 e. The second-order valence-corrected chi connectivity index (χ2v) is 0.810. The molecule has 0 fully saturated rings. The van der Waals surface area contributed by atoms with Gasteiger partial charge in [0.25, 0.3) is 0 Å². The molecule has 0 bridgehead atoms. The highest BCUT2D eigenvalue weighted by Crippen LogP contribution is 1.55. The number of nitroso groups, excluding NO2 is 1. The Morgan fingerprint density at radius 1 is 1.50 bits per heavy atom. The minimum absolute atomic E-state index is 1.20. The van der Waals surface area contributed by atoms with E-state index in [-0.39, 0.29) is 0 Å². The second-order valence-electron chi connectivity index (χ2n) is 0.810. The molecule has 0 spiro atoms. The van der Waals surface area contributed by atoms with Gasteiger partial charge in [-0.3, -0.25) is 5.21 Å². The molecule has 6 nitrogen and oxygen atoms in total. The van der Waals surface area contributed by atoms with Gasteiger partial charge in [0.2, 0.25) is 0 Å². The minimum Gasteiger partial charge on any atom is -0.305 e. The van der Waals surface area contributed by atoms with Crippen molar-refractivity contribution in [2.24, 2.45) is 5.29 Å². The van der Waals surface area contributed by atoms with E-state index in [4.69, 9.17) is 5.21 Å². The first-order chi connectivity index (χ1) is 3.91. The largest absolute Gasteiger partial charge is 0.305 e. The van der Waals surface area contributed by atoms with Crippen molar-refractivity contribution in [1.82, 2.24) is 16.4 Å². The van der Waals surface area contributed by atoms with E-state index < -0.39 is 0 Å². The second kappa shape index (κ2) is 5.86. The average Bonchev–Trinajstić information content (AvgIpc) is 1.81. The summed E-state index contributed by atoms with van der Waals surface area (Å²) in [5, 5.41) is 10.1. The molecule has 0 aliphatic carbocycles. The van der Waals surface area contributed by atoms with Crippen LogP contribution in [0.4, 0.5) is 0 Å². The molecule has 0 aliphatic rings. The zero-order valence-electron chi connectivity index (χ0n) is 3.96. The molecule has 6 heteroatoms. The van der Waals surface area contributed by atoms with Crippen LogP contribution < -0.4 is 16.4 Å². The molecular weight excluding hydrogens is 112 g/mol. The lowest BCUT2D eigenvalue weighted by Gasteiger charge is -1.89. The molecule has 4 N–H and O–H groups in total. The van der Waals surface area contributed by atoms with Crippen molar-refractivity contribution in [3.05, 3.63) is 17.3 Å². The Balaban J connectivity index is 2.94. The predicted octanol–water partition coefficient (Wildman–Crippen LogP) is -0.788. The topological polar surface area (TPSA) is 85.8 Å². The molecule has 0 aromatic rings. The van der Waals surface area contributed by atoms with Gasteiger partial charge in [-0.2, -0.15) is 0 Å². The normalized spacial score (nSPS) is 9.12. The Labute approximate surface area is 45.4 Å². The number of rotatable bonds is 4. The minimum atomic E-state index is 1.20. The van der Waals surface area contributed by atoms with E-state index in [0.29, 0.717) is 0 Å². The molecule has 0 rings (SSSR count). The Morgan fingerprint density at radius 2 is 2.25 bits per heavy atom. The third-order valence-electron chi connectivity index (χ3n) is 0.358. The van der Waals surface area contributed by atoms with Crippen LogP contribution in [-0.4, -0.2) is 5.21 Å². The van der Waals surface area contributed by atoms with Gasteiger partial charge in [0.15, 0.2) is 0 Å². The summed E-state index contributed by atoms with van der Waals surface area (Å²) in [6.45, 7) is 0. The summed E-state index contributed by atoms with van der Waals surface area (Å²) in [4.78, 5) is 9.24. The zero-order valence-corrected chi connectivity index (χ0v) is 3.96. The van der Waals surface area contributed by atoms with Gasteiger partial charge in [-0.1, -0.05) is 0 Å². The van der Waals surface area contributed by atoms with Crippen LogP contribution in [0.1, 0.15) is 0 Å². The van der Waals surface area contributed by atoms with Crippen molar-refractivity contribution in [3.63, 3.8) is 0 Å². The molecular formula is C2H6N4O2. The summed E-state index contributed by atoms with van der Waals surface area (Å²) in [6, 6.07) is 0. The van der Waals surface area contributed by atoms with E-state index >= 15 is 0 Å². The molecule has 0 saturated heterocycles. The van der Waals surface area contributed by atoms with Gasteiger partial charge in [-0.05, 0) is 0 Å². The maximum atomic E-state index is 9.24. The van der Waals surface area contributed by atoms with E-state index in [1.54, 1.807) is 5.59 Å². The monoisotopic (exact) mass is 118 g/mol. The zero-order chi connectivity index (χ0) is 6.24. The highest BCUT2D eigenvalue weighted by molar-refractivity contribution is 4.71.